The molecule has 1 saturated heterocycles. The van der Waals surface area contributed by atoms with Crippen LogP contribution in [0.1, 0.15) is 24.2 Å². The molecular weight excluding hydrogens is 371 g/mol. The van der Waals surface area contributed by atoms with E-state index in [2.05, 4.69) is 27.2 Å². The first kappa shape index (κ1) is 17.5. The summed E-state index contributed by atoms with van der Waals surface area (Å²) < 4.78 is 1.90. The van der Waals surface area contributed by atoms with E-state index in [9.17, 15) is 0 Å². The maximum absolute atomic E-state index is 6.41. The first-order valence-corrected chi connectivity index (χ1v) is 9.42. The minimum absolute atomic E-state index is 0.0801. The lowest BCUT2D eigenvalue weighted by Gasteiger charge is -2.28. The highest BCUT2D eigenvalue weighted by Gasteiger charge is 2.21. The lowest BCUT2D eigenvalue weighted by Crippen LogP contribution is -2.43. The number of aromatic nitrogens is 4. The Kier molecular flexibility index (Phi) is 4.73. The molecule has 3 aromatic rings. The van der Waals surface area contributed by atoms with Crippen molar-refractivity contribution < 1.29 is 0 Å². The minimum Gasteiger partial charge on any atom is -0.353 e. The van der Waals surface area contributed by atoms with Crippen LogP contribution < -0.4 is 10.2 Å². The van der Waals surface area contributed by atoms with Crippen LogP contribution in [0.15, 0.2) is 24.4 Å². The summed E-state index contributed by atoms with van der Waals surface area (Å²) in [7, 11) is 0. The number of rotatable bonds is 3. The third-order valence-electron chi connectivity index (χ3n) is 4.78. The van der Waals surface area contributed by atoms with E-state index in [1.165, 1.54) is 0 Å². The van der Waals surface area contributed by atoms with Crippen molar-refractivity contribution in [2.24, 2.45) is 0 Å². The first-order chi connectivity index (χ1) is 12.5. The van der Waals surface area contributed by atoms with Crippen molar-refractivity contribution in [1.29, 1.82) is 0 Å². The molecule has 1 fully saturated rings. The molecule has 0 aliphatic carbocycles. The molecule has 1 N–H and O–H groups in total. The van der Waals surface area contributed by atoms with Crippen molar-refractivity contribution in [3.63, 3.8) is 0 Å². The molecule has 1 atom stereocenters. The van der Waals surface area contributed by atoms with Gasteiger partial charge in [-0.3, -0.25) is 0 Å². The lowest BCUT2D eigenvalue weighted by atomic mass is 10.1. The highest BCUT2D eigenvalue weighted by Crippen LogP contribution is 2.30. The van der Waals surface area contributed by atoms with Crippen LogP contribution in [0.3, 0.4) is 0 Å². The molecule has 3 heterocycles. The molecule has 6 nitrogen and oxygen atoms in total. The molecular formula is C18H20Cl2N6. The third-order valence-corrected chi connectivity index (χ3v) is 5.34. The van der Waals surface area contributed by atoms with Gasteiger partial charge in [-0.2, -0.15) is 5.10 Å². The molecule has 0 saturated carbocycles. The van der Waals surface area contributed by atoms with Gasteiger partial charge in [-0.1, -0.05) is 29.3 Å². The predicted octanol–water partition coefficient (Wildman–Crippen LogP) is 3.46. The molecule has 8 heteroatoms. The summed E-state index contributed by atoms with van der Waals surface area (Å²) in [4.78, 5) is 11.8. The highest BCUT2D eigenvalue weighted by atomic mass is 35.5. The van der Waals surface area contributed by atoms with Crippen molar-refractivity contribution >= 4 is 40.2 Å². The zero-order chi connectivity index (χ0) is 18.3. The number of anilines is 1. The number of piperazine rings is 1. The number of nitrogens with zero attached hydrogens (tertiary/aromatic N) is 5. The zero-order valence-electron chi connectivity index (χ0n) is 14.7. The highest BCUT2D eigenvalue weighted by molar-refractivity contribution is 6.35. The Bertz CT molecular complexity index is 948. The minimum atomic E-state index is -0.0801. The van der Waals surface area contributed by atoms with Gasteiger partial charge in [0.05, 0.1) is 17.9 Å². The van der Waals surface area contributed by atoms with Gasteiger partial charge in [0.25, 0.3) is 0 Å². The van der Waals surface area contributed by atoms with Gasteiger partial charge < -0.3 is 10.2 Å². The Hall–Kier alpha value is -1.89. The lowest BCUT2D eigenvalue weighted by molar-refractivity contribution is 0.570. The summed E-state index contributed by atoms with van der Waals surface area (Å²) in [5, 5.41) is 9.28. The van der Waals surface area contributed by atoms with E-state index in [-0.39, 0.29) is 6.04 Å². The Morgan fingerprint density at radius 1 is 1.19 bits per heavy atom. The number of halogens is 2. The van der Waals surface area contributed by atoms with Gasteiger partial charge >= 0.3 is 0 Å². The monoisotopic (exact) mass is 390 g/mol. The fourth-order valence-corrected chi connectivity index (χ4v) is 3.90. The van der Waals surface area contributed by atoms with Crippen molar-refractivity contribution in [2.75, 3.05) is 31.1 Å². The average Bonchev–Trinajstić information content (AvgIpc) is 2.98. The summed E-state index contributed by atoms with van der Waals surface area (Å²) in [6.07, 6.45) is 1.84. The molecule has 1 aromatic carbocycles. The second kappa shape index (κ2) is 7.02. The zero-order valence-corrected chi connectivity index (χ0v) is 16.2. The van der Waals surface area contributed by atoms with Gasteiger partial charge in [-0.05, 0) is 31.5 Å². The van der Waals surface area contributed by atoms with Crippen LogP contribution >= 0.6 is 23.2 Å². The van der Waals surface area contributed by atoms with Crippen LogP contribution in [0.5, 0.6) is 0 Å². The normalized spacial score (nSPS) is 16.2. The second-order valence-corrected chi connectivity index (χ2v) is 7.35. The topological polar surface area (TPSA) is 58.9 Å². The van der Waals surface area contributed by atoms with E-state index in [4.69, 9.17) is 28.2 Å². The molecule has 4 rings (SSSR count). The van der Waals surface area contributed by atoms with Crippen molar-refractivity contribution in [1.82, 2.24) is 25.1 Å². The largest absolute Gasteiger partial charge is 0.353 e. The van der Waals surface area contributed by atoms with Crippen LogP contribution in [0.4, 0.5) is 5.82 Å². The van der Waals surface area contributed by atoms with Gasteiger partial charge in [-0.25, -0.2) is 14.6 Å². The second-order valence-electron chi connectivity index (χ2n) is 6.51. The standard InChI is InChI=1S/C18H20Cl2N6/c1-11-17-18(23-16(10-22-17)25-7-5-21-6-8-25)26(24-11)12(2)14-4-3-13(19)9-15(14)20/h3-4,9-10,12,21H,5-8H2,1-2H3. The Morgan fingerprint density at radius 3 is 2.69 bits per heavy atom. The van der Waals surface area contributed by atoms with Crippen LogP contribution in [-0.2, 0) is 0 Å². The van der Waals surface area contributed by atoms with Gasteiger partial charge in [0, 0.05) is 36.2 Å². The fourth-order valence-electron chi connectivity index (χ4n) is 3.33. The van der Waals surface area contributed by atoms with Crippen LogP contribution in [0.25, 0.3) is 11.2 Å². The summed E-state index contributed by atoms with van der Waals surface area (Å²) in [5.74, 6) is 0.884. The molecule has 0 spiro atoms. The smallest absolute Gasteiger partial charge is 0.179 e. The molecule has 1 aliphatic heterocycles. The molecule has 136 valence electrons. The van der Waals surface area contributed by atoms with Gasteiger partial charge in [-0.15, -0.1) is 0 Å². The average molecular weight is 391 g/mol. The number of hydrogen-bond acceptors (Lipinski definition) is 5. The Labute approximate surface area is 162 Å². The molecule has 2 aromatic heterocycles. The fraction of sp³-hybridized carbons (Fsp3) is 0.389. The maximum Gasteiger partial charge on any atom is 0.179 e. The number of benzene rings is 1. The first-order valence-electron chi connectivity index (χ1n) is 8.67. The quantitative estimate of drug-likeness (QED) is 0.741. The Morgan fingerprint density at radius 2 is 1.96 bits per heavy atom. The molecule has 0 amide bonds. The van der Waals surface area contributed by atoms with Crippen molar-refractivity contribution in [2.45, 2.75) is 19.9 Å². The maximum atomic E-state index is 6.41. The molecule has 0 radical (unpaired) electrons. The van der Waals surface area contributed by atoms with Gasteiger partial charge in [0.15, 0.2) is 5.65 Å². The molecule has 26 heavy (non-hydrogen) atoms. The van der Waals surface area contributed by atoms with E-state index in [1.54, 1.807) is 6.07 Å². The van der Waals surface area contributed by atoms with Gasteiger partial charge in [0.2, 0.25) is 0 Å². The van der Waals surface area contributed by atoms with E-state index in [0.29, 0.717) is 10.0 Å². The van der Waals surface area contributed by atoms with E-state index in [1.807, 2.05) is 29.9 Å². The van der Waals surface area contributed by atoms with Crippen LogP contribution in [0.2, 0.25) is 10.0 Å². The van der Waals surface area contributed by atoms with Crippen LogP contribution in [0, 0.1) is 6.92 Å². The summed E-state index contributed by atoms with van der Waals surface area (Å²) >= 11 is 12.4. The van der Waals surface area contributed by atoms with Gasteiger partial charge in [0.1, 0.15) is 11.3 Å². The van der Waals surface area contributed by atoms with E-state index >= 15 is 0 Å². The van der Waals surface area contributed by atoms with Crippen LogP contribution in [-0.4, -0.2) is 45.9 Å². The number of fused-ring (bicyclic) bond motifs is 1. The summed E-state index contributed by atoms with van der Waals surface area (Å²) in [6, 6.07) is 5.45. The molecule has 1 unspecified atom stereocenters. The molecule has 1 aliphatic rings. The number of nitrogens with one attached hydrogen (secondary N) is 1. The Balaban J connectivity index is 1.78. The predicted molar refractivity (Wildman–Crippen MR) is 105 cm³/mol. The van der Waals surface area contributed by atoms with Crippen molar-refractivity contribution in [3.8, 4) is 0 Å². The third kappa shape index (κ3) is 3.13. The van der Waals surface area contributed by atoms with E-state index < -0.39 is 0 Å². The number of hydrogen-bond donors (Lipinski definition) is 1. The SMILES string of the molecule is Cc1nn(C(C)c2ccc(Cl)cc2Cl)c2nc(N3CCNCC3)cnc12. The molecule has 0 bridgehead atoms. The van der Waals surface area contributed by atoms with Crippen molar-refractivity contribution in [3.05, 3.63) is 45.7 Å². The summed E-state index contributed by atoms with van der Waals surface area (Å²) in [6.45, 7) is 7.76. The summed E-state index contributed by atoms with van der Waals surface area (Å²) in [5.41, 5.74) is 3.41. The van der Waals surface area contributed by atoms with E-state index in [0.717, 1.165) is 54.4 Å². The number of aryl methyl sites for hydroxylation is 1.